The summed E-state index contributed by atoms with van der Waals surface area (Å²) in [5.41, 5.74) is 1.95. The second-order valence-corrected chi connectivity index (χ2v) is 12.3. The van der Waals surface area contributed by atoms with E-state index in [0.717, 1.165) is 50.9 Å². The lowest BCUT2D eigenvalue weighted by atomic mass is 10.1. The Bertz CT molecular complexity index is 1230. The topological polar surface area (TPSA) is 75.5 Å². The Balaban J connectivity index is 1.25. The third-order valence-electron chi connectivity index (χ3n) is 7.31. The van der Waals surface area contributed by atoms with Crippen LogP contribution in [0, 0.1) is 5.82 Å². The van der Waals surface area contributed by atoms with Crippen molar-refractivity contribution >= 4 is 15.7 Å². The van der Waals surface area contributed by atoms with Gasteiger partial charge in [-0.1, -0.05) is 18.2 Å². The number of benzene rings is 1. The molecule has 0 bridgehead atoms. The molecule has 0 spiro atoms. The Morgan fingerprint density at radius 3 is 2.54 bits per heavy atom. The molecule has 1 aromatic carbocycles. The van der Waals surface area contributed by atoms with Crippen LogP contribution < -0.4 is 10.5 Å². The van der Waals surface area contributed by atoms with Gasteiger partial charge in [0.15, 0.2) is 15.7 Å². The van der Waals surface area contributed by atoms with Crippen molar-refractivity contribution in [3.8, 4) is 0 Å². The van der Waals surface area contributed by atoms with Gasteiger partial charge in [0.2, 0.25) is 0 Å². The largest absolute Gasteiger partial charge is 0.350 e. The number of anilines is 1. The van der Waals surface area contributed by atoms with Gasteiger partial charge in [-0.15, -0.1) is 6.58 Å². The van der Waals surface area contributed by atoms with Crippen molar-refractivity contribution in [3.05, 3.63) is 70.5 Å². The summed E-state index contributed by atoms with van der Waals surface area (Å²) >= 11 is 0. The SMILES string of the molecule is C=CCN(CCCc1cn(C2CC2)c(=O)c(N2CCS(=O)(=O)CC2)n1)[C@@H]1C[C@H]1c1ccc(F)cc1. The van der Waals surface area contributed by atoms with Crippen LogP contribution in [0.15, 0.2) is 47.9 Å². The fourth-order valence-corrected chi connectivity index (χ4v) is 6.30. The van der Waals surface area contributed by atoms with Gasteiger partial charge in [0, 0.05) is 43.8 Å². The first-order valence-electron chi connectivity index (χ1n) is 12.5. The highest BCUT2D eigenvalue weighted by Gasteiger charge is 2.42. The van der Waals surface area contributed by atoms with Crippen LogP contribution in [0.5, 0.6) is 0 Å². The Kier molecular flexibility index (Phi) is 6.81. The summed E-state index contributed by atoms with van der Waals surface area (Å²) < 4.78 is 38.8. The predicted molar refractivity (Wildman–Crippen MR) is 135 cm³/mol. The average molecular weight is 501 g/mol. The first-order chi connectivity index (χ1) is 16.8. The highest BCUT2D eigenvalue weighted by molar-refractivity contribution is 7.91. The molecule has 9 heteroatoms. The molecule has 2 aromatic rings. The molecule has 2 heterocycles. The lowest BCUT2D eigenvalue weighted by Crippen LogP contribution is -2.44. The Morgan fingerprint density at radius 1 is 1.17 bits per heavy atom. The Morgan fingerprint density at radius 2 is 1.89 bits per heavy atom. The van der Waals surface area contributed by atoms with E-state index >= 15 is 0 Å². The lowest BCUT2D eigenvalue weighted by Gasteiger charge is -2.28. The summed E-state index contributed by atoms with van der Waals surface area (Å²) in [5, 5.41) is 0. The summed E-state index contributed by atoms with van der Waals surface area (Å²) in [6, 6.07) is 7.47. The van der Waals surface area contributed by atoms with Gasteiger partial charge in [-0.2, -0.15) is 0 Å². The van der Waals surface area contributed by atoms with Gasteiger partial charge in [0.05, 0.1) is 17.2 Å². The third kappa shape index (κ3) is 5.67. The minimum absolute atomic E-state index is 0.0644. The molecule has 2 saturated carbocycles. The highest BCUT2D eigenvalue weighted by Crippen LogP contribution is 2.44. The minimum Gasteiger partial charge on any atom is -0.350 e. The number of halogens is 1. The minimum atomic E-state index is -3.03. The number of hydrogen-bond acceptors (Lipinski definition) is 6. The molecule has 2 atom stereocenters. The molecule has 0 N–H and O–H groups in total. The molecule has 7 nitrogen and oxygen atoms in total. The normalized spacial score (nSPS) is 23.4. The maximum Gasteiger partial charge on any atom is 0.293 e. The molecule has 35 heavy (non-hydrogen) atoms. The van der Waals surface area contributed by atoms with E-state index in [9.17, 15) is 17.6 Å². The molecule has 5 rings (SSSR count). The van der Waals surface area contributed by atoms with Crippen LogP contribution in [0.2, 0.25) is 0 Å². The summed E-state index contributed by atoms with van der Waals surface area (Å²) in [6.07, 6.45) is 8.52. The van der Waals surface area contributed by atoms with E-state index in [1.165, 1.54) is 17.7 Å². The van der Waals surface area contributed by atoms with Crippen LogP contribution >= 0.6 is 0 Å². The molecular weight excluding hydrogens is 467 g/mol. The van der Waals surface area contributed by atoms with Crippen molar-refractivity contribution in [1.29, 1.82) is 0 Å². The van der Waals surface area contributed by atoms with Crippen molar-refractivity contribution < 1.29 is 12.8 Å². The monoisotopic (exact) mass is 500 g/mol. The molecule has 0 radical (unpaired) electrons. The molecule has 0 unspecified atom stereocenters. The van der Waals surface area contributed by atoms with Crippen LogP contribution in [0.1, 0.15) is 48.9 Å². The number of aryl methyl sites for hydroxylation is 1. The summed E-state index contributed by atoms with van der Waals surface area (Å²) in [7, 11) is -3.03. The Hall–Kier alpha value is -2.52. The van der Waals surface area contributed by atoms with Gasteiger partial charge in [-0.3, -0.25) is 9.69 Å². The molecule has 188 valence electrons. The Labute approximate surface area is 206 Å². The molecule has 3 aliphatic rings. The number of aromatic nitrogens is 2. The first kappa shape index (κ1) is 24.2. The molecule has 1 saturated heterocycles. The van der Waals surface area contributed by atoms with E-state index in [4.69, 9.17) is 4.98 Å². The molecule has 2 aliphatic carbocycles. The van der Waals surface area contributed by atoms with Crippen LogP contribution in [0.3, 0.4) is 0 Å². The lowest BCUT2D eigenvalue weighted by molar-refractivity contribution is 0.283. The smallest absolute Gasteiger partial charge is 0.293 e. The van der Waals surface area contributed by atoms with E-state index in [0.29, 0.717) is 30.9 Å². The van der Waals surface area contributed by atoms with Gasteiger partial charge in [-0.25, -0.2) is 17.8 Å². The molecule has 1 aliphatic heterocycles. The number of hydrogen-bond donors (Lipinski definition) is 0. The number of sulfone groups is 1. The van der Waals surface area contributed by atoms with Crippen LogP contribution in [-0.4, -0.2) is 66.6 Å². The molecule has 1 aromatic heterocycles. The van der Waals surface area contributed by atoms with Crippen molar-refractivity contribution in [1.82, 2.24) is 14.5 Å². The summed E-state index contributed by atoms with van der Waals surface area (Å²) in [6.45, 7) is 6.23. The number of rotatable bonds is 10. The second-order valence-electron chi connectivity index (χ2n) is 9.99. The quantitative estimate of drug-likeness (QED) is 0.467. The van der Waals surface area contributed by atoms with Crippen LogP contribution in [-0.2, 0) is 16.3 Å². The molecule has 0 amide bonds. The summed E-state index contributed by atoms with van der Waals surface area (Å²) in [5.74, 6) is 0.738. The zero-order valence-corrected chi connectivity index (χ0v) is 20.8. The zero-order valence-electron chi connectivity index (χ0n) is 20.0. The molecule has 3 fully saturated rings. The van der Waals surface area contributed by atoms with Crippen molar-refractivity contribution in [2.45, 2.75) is 50.1 Å². The van der Waals surface area contributed by atoms with E-state index in [1.807, 2.05) is 33.9 Å². The fourth-order valence-electron chi connectivity index (χ4n) is 5.10. The van der Waals surface area contributed by atoms with Gasteiger partial charge in [0.1, 0.15) is 5.82 Å². The number of nitrogens with zero attached hydrogens (tertiary/aromatic N) is 4. The highest BCUT2D eigenvalue weighted by atomic mass is 32.2. The second kappa shape index (κ2) is 9.85. The van der Waals surface area contributed by atoms with Crippen molar-refractivity contribution in [2.24, 2.45) is 0 Å². The maximum absolute atomic E-state index is 13.3. The maximum atomic E-state index is 13.3. The van der Waals surface area contributed by atoms with Crippen molar-refractivity contribution in [2.75, 3.05) is 42.6 Å². The van der Waals surface area contributed by atoms with E-state index in [-0.39, 0.29) is 28.9 Å². The van der Waals surface area contributed by atoms with Crippen LogP contribution in [0.4, 0.5) is 10.2 Å². The fraction of sp³-hybridized carbons (Fsp3) is 0.538. The van der Waals surface area contributed by atoms with E-state index in [1.54, 1.807) is 0 Å². The van der Waals surface area contributed by atoms with Gasteiger partial charge < -0.3 is 9.47 Å². The van der Waals surface area contributed by atoms with Crippen molar-refractivity contribution in [3.63, 3.8) is 0 Å². The average Bonchev–Trinajstić information content (AvgIpc) is 3.74. The standard InChI is InChI=1S/C26H33FN4O3S/c1-2-11-29(24-17-23(24)19-5-7-20(27)8-6-19)12-3-4-21-18-31(22-9-10-22)26(32)25(28-21)30-13-15-35(33,34)16-14-30/h2,5-8,18,22-24H,1,3-4,9-17H2/t23-,24+/m0/s1. The third-order valence-corrected chi connectivity index (χ3v) is 8.92. The molecular formula is C26H33FN4O3S. The van der Waals surface area contributed by atoms with Crippen LogP contribution in [0.25, 0.3) is 0 Å². The van der Waals surface area contributed by atoms with Gasteiger partial charge in [-0.05, 0) is 56.3 Å². The zero-order chi connectivity index (χ0) is 24.6. The van der Waals surface area contributed by atoms with Gasteiger partial charge in [0.25, 0.3) is 5.56 Å². The van der Waals surface area contributed by atoms with E-state index in [2.05, 4.69) is 11.5 Å². The van der Waals surface area contributed by atoms with Gasteiger partial charge >= 0.3 is 0 Å². The van der Waals surface area contributed by atoms with E-state index < -0.39 is 9.84 Å². The predicted octanol–water partition coefficient (Wildman–Crippen LogP) is 2.93. The first-order valence-corrected chi connectivity index (χ1v) is 14.3. The summed E-state index contributed by atoms with van der Waals surface area (Å²) in [4.78, 5) is 22.1.